The lowest BCUT2D eigenvalue weighted by atomic mass is 9.84. The molecule has 3 aliphatic rings. The van der Waals surface area contributed by atoms with Gasteiger partial charge in [0.25, 0.3) is 0 Å². The molecule has 0 unspecified atom stereocenters. The lowest BCUT2D eigenvalue weighted by molar-refractivity contribution is -0.137. The number of carbonyl (C=O) groups excluding carboxylic acids is 2. The second kappa shape index (κ2) is 13.0. The molecular formula is C31H44F3N7O3. The Kier molecular flexibility index (Phi) is 9.55. The van der Waals surface area contributed by atoms with Gasteiger partial charge in [-0.1, -0.05) is 0 Å². The molecule has 5 rings (SSSR count). The van der Waals surface area contributed by atoms with Crippen molar-refractivity contribution in [1.82, 2.24) is 30.8 Å². The van der Waals surface area contributed by atoms with Gasteiger partial charge in [0.05, 0.1) is 29.8 Å². The van der Waals surface area contributed by atoms with Crippen molar-refractivity contribution in [1.29, 1.82) is 0 Å². The largest absolute Gasteiger partial charge is 0.463 e. The van der Waals surface area contributed by atoms with E-state index in [0.717, 1.165) is 50.9 Å². The third-order valence-corrected chi connectivity index (χ3v) is 8.70. The molecule has 2 saturated heterocycles. The first kappa shape index (κ1) is 32.2. The summed E-state index contributed by atoms with van der Waals surface area (Å²) in [6.07, 6.45) is 0.0709. The lowest BCUT2D eigenvalue weighted by Gasteiger charge is -2.43. The number of carbonyl (C=O) groups is 2. The van der Waals surface area contributed by atoms with Crippen LogP contribution in [0.5, 0.6) is 6.01 Å². The quantitative estimate of drug-likeness (QED) is 0.352. The molecule has 4 N–H and O–H groups in total. The number of rotatable bonds is 8. The third kappa shape index (κ3) is 7.90. The molecule has 10 nitrogen and oxygen atoms in total. The van der Waals surface area contributed by atoms with Gasteiger partial charge in [-0.2, -0.15) is 23.1 Å². The Morgan fingerprint density at radius 1 is 1.09 bits per heavy atom. The molecule has 0 bridgehead atoms. The van der Waals surface area contributed by atoms with Crippen molar-refractivity contribution in [2.75, 3.05) is 31.6 Å². The average Bonchev–Trinajstić information content (AvgIpc) is 3.30. The summed E-state index contributed by atoms with van der Waals surface area (Å²) in [5.74, 6) is 0.152. The van der Waals surface area contributed by atoms with Crippen molar-refractivity contribution in [3.05, 3.63) is 23.8 Å². The van der Waals surface area contributed by atoms with Gasteiger partial charge in [0.15, 0.2) is 0 Å². The SMILES string of the molecule is CC(=O)N[C@@H]1C[C@H](NC(C)(C)C)CC[C@@H]1N1CC[C@H](Nc2nc(OCC3CCNCC3)nc3ccc(C(F)(F)F)cc23)C1=O. The van der Waals surface area contributed by atoms with E-state index in [1.165, 1.54) is 13.0 Å². The number of ether oxygens (including phenoxy) is 1. The summed E-state index contributed by atoms with van der Waals surface area (Å²) < 4.78 is 46.9. The van der Waals surface area contributed by atoms with Crippen LogP contribution in [0.2, 0.25) is 0 Å². The van der Waals surface area contributed by atoms with Crippen LogP contribution >= 0.6 is 0 Å². The van der Waals surface area contributed by atoms with Gasteiger partial charge in [0.1, 0.15) is 11.9 Å². The molecule has 242 valence electrons. The van der Waals surface area contributed by atoms with Crippen molar-refractivity contribution < 1.29 is 27.5 Å². The van der Waals surface area contributed by atoms with E-state index in [9.17, 15) is 22.8 Å². The minimum absolute atomic E-state index is 0.0657. The normalized spacial score (nSPS) is 25.3. The Labute approximate surface area is 256 Å². The molecule has 1 saturated carbocycles. The summed E-state index contributed by atoms with van der Waals surface area (Å²) >= 11 is 0. The highest BCUT2D eigenvalue weighted by molar-refractivity contribution is 5.93. The monoisotopic (exact) mass is 619 g/mol. The molecule has 0 radical (unpaired) electrons. The van der Waals surface area contributed by atoms with E-state index in [2.05, 4.69) is 52.0 Å². The molecule has 1 aromatic carbocycles. The number of hydrogen-bond acceptors (Lipinski definition) is 8. The molecule has 1 aromatic heterocycles. The fourth-order valence-electron chi connectivity index (χ4n) is 6.72. The molecule has 2 aromatic rings. The van der Waals surface area contributed by atoms with Crippen LogP contribution in [0.1, 0.15) is 71.8 Å². The van der Waals surface area contributed by atoms with E-state index in [1.807, 2.05) is 4.90 Å². The summed E-state index contributed by atoms with van der Waals surface area (Å²) in [7, 11) is 0. The summed E-state index contributed by atoms with van der Waals surface area (Å²) in [5, 5.41) is 13.3. The minimum atomic E-state index is -4.55. The topological polar surface area (TPSA) is 121 Å². The number of aromatic nitrogens is 2. The summed E-state index contributed by atoms with van der Waals surface area (Å²) in [6, 6.07) is 2.50. The minimum Gasteiger partial charge on any atom is -0.463 e. The molecule has 2 aliphatic heterocycles. The highest BCUT2D eigenvalue weighted by atomic mass is 19.4. The standard InChI is InChI=1S/C31H44F3N7O3/c1-18(42)36-25-16-21(40-30(2,3)4)6-8-26(25)41-14-11-24(28(41)43)37-27-22-15-20(31(32,33)34)5-7-23(22)38-29(39-27)44-17-19-9-12-35-13-10-19/h5,7,15,19,21,24-26,35,40H,6,8-14,16-17H2,1-4H3,(H,36,42)(H,37,38,39)/t21-,24+,25-,26+/m1/s1. The van der Waals surface area contributed by atoms with Crippen LogP contribution in [0.3, 0.4) is 0 Å². The van der Waals surface area contributed by atoms with Crippen LogP contribution in [-0.2, 0) is 15.8 Å². The first-order chi connectivity index (χ1) is 20.8. The van der Waals surface area contributed by atoms with Crippen molar-refractivity contribution in [2.24, 2.45) is 5.92 Å². The van der Waals surface area contributed by atoms with Crippen molar-refractivity contribution in [3.8, 4) is 6.01 Å². The molecular weight excluding hydrogens is 575 g/mol. The molecule has 44 heavy (non-hydrogen) atoms. The van der Waals surface area contributed by atoms with Gasteiger partial charge < -0.3 is 30.9 Å². The van der Waals surface area contributed by atoms with E-state index in [1.54, 1.807) is 0 Å². The number of halogens is 3. The number of benzene rings is 1. The highest BCUT2D eigenvalue weighted by Crippen LogP contribution is 2.35. The molecule has 13 heteroatoms. The number of hydrogen-bond donors (Lipinski definition) is 4. The zero-order valence-electron chi connectivity index (χ0n) is 25.9. The van der Waals surface area contributed by atoms with Crippen LogP contribution in [0.15, 0.2) is 18.2 Å². The van der Waals surface area contributed by atoms with Gasteiger partial charge in [-0.25, -0.2) is 0 Å². The number of nitrogens with zero attached hydrogens (tertiary/aromatic N) is 3. The van der Waals surface area contributed by atoms with E-state index < -0.39 is 17.8 Å². The fourth-order valence-corrected chi connectivity index (χ4v) is 6.72. The maximum absolute atomic E-state index is 13.8. The van der Waals surface area contributed by atoms with Crippen LogP contribution in [-0.4, -0.2) is 82.6 Å². The van der Waals surface area contributed by atoms with Crippen LogP contribution < -0.4 is 26.0 Å². The lowest BCUT2D eigenvalue weighted by Crippen LogP contribution is -2.59. The fraction of sp³-hybridized carbons (Fsp3) is 0.677. The summed E-state index contributed by atoms with van der Waals surface area (Å²) in [6.45, 7) is 10.5. The number of anilines is 1. The van der Waals surface area contributed by atoms with E-state index in [-0.39, 0.29) is 52.7 Å². The van der Waals surface area contributed by atoms with Crippen molar-refractivity contribution >= 4 is 28.5 Å². The van der Waals surface area contributed by atoms with Crippen molar-refractivity contribution in [3.63, 3.8) is 0 Å². The van der Waals surface area contributed by atoms with Crippen LogP contribution in [0, 0.1) is 5.92 Å². The molecule has 0 spiro atoms. The van der Waals surface area contributed by atoms with Gasteiger partial charge in [-0.15, -0.1) is 0 Å². The van der Waals surface area contributed by atoms with Crippen molar-refractivity contribution in [2.45, 2.75) is 102 Å². The van der Waals surface area contributed by atoms with Gasteiger partial charge in [0.2, 0.25) is 11.8 Å². The van der Waals surface area contributed by atoms with E-state index >= 15 is 0 Å². The number of amides is 2. The zero-order valence-corrected chi connectivity index (χ0v) is 25.9. The second-order valence-electron chi connectivity index (χ2n) is 13.4. The number of alkyl halides is 3. The number of fused-ring (bicyclic) bond motifs is 1. The smallest absolute Gasteiger partial charge is 0.416 e. The third-order valence-electron chi connectivity index (χ3n) is 8.70. The van der Waals surface area contributed by atoms with Gasteiger partial charge >= 0.3 is 12.2 Å². The Hall–Kier alpha value is -3.19. The predicted molar refractivity (Wildman–Crippen MR) is 161 cm³/mol. The molecule has 1 aliphatic carbocycles. The number of piperidine rings is 1. The Bertz CT molecular complexity index is 1340. The molecule has 4 atom stereocenters. The highest BCUT2D eigenvalue weighted by Gasteiger charge is 2.43. The maximum atomic E-state index is 13.8. The van der Waals surface area contributed by atoms with E-state index in [4.69, 9.17) is 4.74 Å². The van der Waals surface area contributed by atoms with Gasteiger partial charge in [-0.3, -0.25) is 9.59 Å². The first-order valence-electron chi connectivity index (χ1n) is 15.6. The predicted octanol–water partition coefficient (Wildman–Crippen LogP) is 3.85. The Balaban J connectivity index is 1.36. The second-order valence-corrected chi connectivity index (χ2v) is 13.4. The number of likely N-dealkylation sites (tertiary alicyclic amines) is 1. The molecule has 3 heterocycles. The summed E-state index contributed by atoms with van der Waals surface area (Å²) in [4.78, 5) is 36.6. The van der Waals surface area contributed by atoms with Gasteiger partial charge in [-0.05, 0) is 96.5 Å². The molecule has 2 amide bonds. The van der Waals surface area contributed by atoms with Crippen LogP contribution in [0.25, 0.3) is 10.9 Å². The average molecular weight is 620 g/mol. The Morgan fingerprint density at radius 2 is 1.84 bits per heavy atom. The van der Waals surface area contributed by atoms with E-state index in [0.29, 0.717) is 37.4 Å². The number of nitrogens with one attached hydrogen (secondary N) is 4. The Morgan fingerprint density at radius 3 is 2.52 bits per heavy atom. The van der Waals surface area contributed by atoms with Crippen LogP contribution in [0.4, 0.5) is 19.0 Å². The zero-order chi connectivity index (χ0) is 31.6. The molecule has 3 fully saturated rings. The maximum Gasteiger partial charge on any atom is 0.416 e. The van der Waals surface area contributed by atoms with Gasteiger partial charge in [0, 0.05) is 30.4 Å². The first-order valence-corrected chi connectivity index (χ1v) is 15.6. The summed E-state index contributed by atoms with van der Waals surface area (Å²) in [5.41, 5.74) is -0.606.